The van der Waals surface area contributed by atoms with Crippen LogP contribution in [0.25, 0.3) is 0 Å². The molecule has 25 heavy (non-hydrogen) atoms. The van der Waals surface area contributed by atoms with Crippen molar-refractivity contribution in [1.82, 2.24) is 9.97 Å². The van der Waals surface area contributed by atoms with Crippen molar-refractivity contribution in [2.75, 3.05) is 25.1 Å². The molecule has 1 saturated carbocycles. The third-order valence-corrected chi connectivity index (χ3v) is 6.04. The summed E-state index contributed by atoms with van der Waals surface area (Å²) in [5.74, 6) is 3.29. The molecule has 1 unspecified atom stereocenters. The second kappa shape index (κ2) is 5.99. The standard InChI is InChI=1S/C20H23N3O2/c1-24-19-14-6-7-15(19)10-23(9-14)20-16-8-13-4-2-3-5-18(13)25-11-17(16)21-12-22-20/h2-5,12,14-15,19H,6-11H2,1H3/t14-,15+,19?. The zero-order valence-corrected chi connectivity index (χ0v) is 14.5. The molecular weight excluding hydrogens is 314 g/mol. The molecule has 0 N–H and O–H groups in total. The Morgan fingerprint density at radius 1 is 1.12 bits per heavy atom. The van der Waals surface area contributed by atoms with Crippen LogP contribution in [0.15, 0.2) is 30.6 Å². The van der Waals surface area contributed by atoms with Crippen LogP contribution in [0.2, 0.25) is 0 Å². The van der Waals surface area contributed by atoms with Crippen molar-refractivity contribution in [2.24, 2.45) is 11.8 Å². The maximum absolute atomic E-state index is 5.98. The Hall–Kier alpha value is -2.14. The zero-order valence-electron chi connectivity index (χ0n) is 14.5. The van der Waals surface area contributed by atoms with Crippen LogP contribution < -0.4 is 9.64 Å². The maximum atomic E-state index is 5.98. The number of hydrogen-bond donors (Lipinski definition) is 0. The summed E-state index contributed by atoms with van der Waals surface area (Å²) in [5, 5.41) is 0. The fourth-order valence-electron chi connectivity index (χ4n) is 4.87. The highest BCUT2D eigenvalue weighted by Crippen LogP contribution is 2.41. The van der Waals surface area contributed by atoms with Crippen molar-refractivity contribution in [1.29, 1.82) is 0 Å². The van der Waals surface area contributed by atoms with E-state index < -0.39 is 0 Å². The smallest absolute Gasteiger partial charge is 0.135 e. The quantitative estimate of drug-likeness (QED) is 0.843. The number of hydrogen-bond acceptors (Lipinski definition) is 5. The number of rotatable bonds is 2. The lowest BCUT2D eigenvalue weighted by atomic mass is 9.94. The lowest BCUT2D eigenvalue weighted by Gasteiger charge is -2.38. The second-order valence-corrected chi connectivity index (χ2v) is 7.40. The van der Waals surface area contributed by atoms with Crippen LogP contribution in [0.4, 0.5) is 5.82 Å². The molecule has 5 nitrogen and oxygen atoms in total. The Labute approximate surface area is 148 Å². The molecule has 3 aliphatic rings. The highest BCUT2D eigenvalue weighted by atomic mass is 16.5. The molecule has 5 rings (SSSR count). The first-order valence-electron chi connectivity index (χ1n) is 9.14. The lowest BCUT2D eigenvalue weighted by molar-refractivity contribution is 0.0294. The van der Waals surface area contributed by atoms with Crippen LogP contribution in [-0.2, 0) is 17.8 Å². The minimum Gasteiger partial charge on any atom is -0.487 e. The SMILES string of the molecule is COC1[C@@H]2CC[C@H]1CN(c1ncnc3c1Cc1ccccc1OC3)C2. The highest BCUT2D eigenvalue weighted by Gasteiger charge is 2.43. The minimum absolute atomic E-state index is 0.417. The van der Waals surface area contributed by atoms with Gasteiger partial charge in [-0.05, 0) is 24.5 Å². The van der Waals surface area contributed by atoms with E-state index in [4.69, 9.17) is 14.5 Å². The Morgan fingerprint density at radius 2 is 1.92 bits per heavy atom. The van der Waals surface area contributed by atoms with Crippen molar-refractivity contribution < 1.29 is 9.47 Å². The van der Waals surface area contributed by atoms with E-state index in [9.17, 15) is 0 Å². The first-order chi connectivity index (χ1) is 12.3. The Bertz CT molecular complexity index is 780. The first-order valence-corrected chi connectivity index (χ1v) is 9.14. The summed E-state index contributed by atoms with van der Waals surface area (Å²) in [6.07, 6.45) is 5.47. The molecule has 0 amide bonds. The molecule has 0 spiro atoms. The molecule has 3 atom stereocenters. The number of benzene rings is 1. The van der Waals surface area contributed by atoms with Gasteiger partial charge in [0, 0.05) is 44.0 Å². The van der Waals surface area contributed by atoms with Crippen molar-refractivity contribution in [3.63, 3.8) is 0 Å². The Morgan fingerprint density at radius 3 is 2.72 bits per heavy atom. The lowest BCUT2D eigenvalue weighted by Crippen LogP contribution is -2.46. The van der Waals surface area contributed by atoms with Crippen LogP contribution in [0.1, 0.15) is 29.7 Å². The highest BCUT2D eigenvalue weighted by molar-refractivity contribution is 5.54. The monoisotopic (exact) mass is 337 g/mol. The zero-order chi connectivity index (χ0) is 16.8. The van der Waals surface area contributed by atoms with Gasteiger partial charge in [0.05, 0.1) is 11.8 Å². The van der Waals surface area contributed by atoms with E-state index in [0.29, 0.717) is 24.5 Å². The predicted octanol–water partition coefficient (Wildman–Crippen LogP) is 2.82. The third kappa shape index (κ3) is 2.49. The summed E-state index contributed by atoms with van der Waals surface area (Å²) < 4.78 is 11.7. The Balaban J connectivity index is 1.51. The molecule has 1 saturated heterocycles. The average Bonchev–Trinajstić information content (AvgIpc) is 2.82. The summed E-state index contributed by atoms with van der Waals surface area (Å²) in [6.45, 7) is 2.57. The van der Waals surface area contributed by atoms with E-state index in [-0.39, 0.29) is 0 Å². The van der Waals surface area contributed by atoms with E-state index in [0.717, 1.165) is 36.8 Å². The van der Waals surface area contributed by atoms with Crippen molar-refractivity contribution in [3.05, 3.63) is 47.4 Å². The van der Waals surface area contributed by atoms with Gasteiger partial charge < -0.3 is 14.4 Å². The number of nitrogens with zero attached hydrogens (tertiary/aromatic N) is 3. The van der Waals surface area contributed by atoms with Crippen LogP contribution in [0.5, 0.6) is 5.75 Å². The molecule has 5 heteroatoms. The van der Waals surface area contributed by atoms with Gasteiger partial charge in [0.15, 0.2) is 0 Å². The van der Waals surface area contributed by atoms with Gasteiger partial charge in [0.25, 0.3) is 0 Å². The molecule has 1 aliphatic carbocycles. The summed E-state index contributed by atoms with van der Waals surface area (Å²) in [6, 6.07) is 8.27. The molecule has 1 aromatic carbocycles. The number of fused-ring (bicyclic) bond motifs is 4. The minimum atomic E-state index is 0.417. The van der Waals surface area contributed by atoms with Gasteiger partial charge in [0.2, 0.25) is 0 Å². The van der Waals surface area contributed by atoms with Crippen LogP contribution in [0, 0.1) is 11.8 Å². The Kier molecular flexibility index (Phi) is 3.63. The van der Waals surface area contributed by atoms with E-state index in [1.807, 2.05) is 19.2 Å². The fourth-order valence-corrected chi connectivity index (χ4v) is 4.87. The fraction of sp³-hybridized carbons (Fsp3) is 0.500. The summed E-state index contributed by atoms with van der Waals surface area (Å²) in [5.41, 5.74) is 3.46. The van der Waals surface area contributed by atoms with E-state index in [2.05, 4.69) is 22.0 Å². The van der Waals surface area contributed by atoms with Gasteiger partial charge in [-0.25, -0.2) is 9.97 Å². The number of piperidine rings is 1. The van der Waals surface area contributed by atoms with E-state index >= 15 is 0 Å². The molecule has 0 radical (unpaired) electrons. The molecular formula is C20H23N3O2. The molecule has 130 valence electrons. The van der Waals surface area contributed by atoms with Crippen molar-refractivity contribution in [2.45, 2.75) is 32.0 Å². The van der Waals surface area contributed by atoms with E-state index in [1.54, 1.807) is 6.33 Å². The summed E-state index contributed by atoms with van der Waals surface area (Å²) in [4.78, 5) is 11.7. The summed E-state index contributed by atoms with van der Waals surface area (Å²) >= 11 is 0. The van der Waals surface area contributed by atoms with Crippen molar-refractivity contribution >= 4 is 5.82 Å². The maximum Gasteiger partial charge on any atom is 0.135 e. The summed E-state index contributed by atoms with van der Waals surface area (Å²) in [7, 11) is 1.86. The molecule has 2 aromatic rings. The molecule has 2 bridgehead atoms. The topological polar surface area (TPSA) is 47.5 Å². The predicted molar refractivity (Wildman–Crippen MR) is 94.8 cm³/mol. The van der Waals surface area contributed by atoms with Crippen molar-refractivity contribution in [3.8, 4) is 5.75 Å². The number of anilines is 1. The second-order valence-electron chi connectivity index (χ2n) is 7.40. The largest absolute Gasteiger partial charge is 0.487 e. The number of methoxy groups -OCH3 is 1. The normalized spacial score (nSPS) is 27.2. The molecule has 2 fully saturated rings. The first kappa shape index (κ1) is 15.1. The van der Waals surface area contributed by atoms with Crippen LogP contribution >= 0.6 is 0 Å². The number of aromatic nitrogens is 2. The number of para-hydroxylation sites is 1. The molecule has 1 aromatic heterocycles. The van der Waals surface area contributed by atoms with E-state index in [1.165, 1.54) is 24.0 Å². The third-order valence-electron chi connectivity index (χ3n) is 6.04. The van der Waals surface area contributed by atoms with Gasteiger partial charge in [-0.2, -0.15) is 0 Å². The van der Waals surface area contributed by atoms with Gasteiger partial charge in [-0.1, -0.05) is 18.2 Å². The molecule has 3 heterocycles. The van der Waals surface area contributed by atoms with Crippen LogP contribution in [0.3, 0.4) is 0 Å². The number of ether oxygens (including phenoxy) is 2. The van der Waals surface area contributed by atoms with Crippen LogP contribution in [-0.4, -0.2) is 36.3 Å². The van der Waals surface area contributed by atoms with Gasteiger partial charge in [0.1, 0.15) is 24.5 Å². The average molecular weight is 337 g/mol. The van der Waals surface area contributed by atoms with Gasteiger partial charge >= 0.3 is 0 Å². The van der Waals surface area contributed by atoms with Gasteiger partial charge in [-0.3, -0.25) is 0 Å². The molecule has 2 aliphatic heterocycles. The van der Waals surface area contributed by atoms with Gasteiger partial charge in [-0.15, -0.1) is 0 Å².